The monoisotopic (exact) mass is 267 g/mol. The Morgan fingerprint density at radius 3 is 2.89 bits per heavy atom. The van der Waals surface area contributed by atoms with Gasteiger partial charge in [0, 0.05) is 18.2 Å². The molecule has 1 aliphatic heterocycles. The standard InChI is InChI=1S/C12H13N3O2.ClH/c1-7(11(13)17)4-8-5-9-2-3-10(16)15-12(9)14-6-8;/h4-6H,2-3H2,1H3,(H2,13,17)(H,14,15,16);1H. The van der Waals surface area contributed by atoms with E-state index >= 15 is 0 Å². The largest absolute Gasteiger partial charge is 0.366 e. The summed E-state index contributed by atoms with van der Waals surface area (Å²) in [6, 6.07) is 1.91. The van der Waals surface area contributed by atoms with Crippen molar-refractivity contribution in [2.45, 2.75) is 19.8 Å². The van der Waals surface area contributed by atoms with Crippen molar-refractivity contribution in [1.29, 1.82) is 0 Å². The topological polar surface area (TPSA) is 85.1 Å². The van der Waals surface area contributed by atoms with Crippen LogP contribution in [0, 0.1) is 0 Å². The lowest BCUT2D eigenvalue weighted by atomic mass is 10.0. The first kappa shape index (κ1) is 14.2. The van der Waals surface area contributed by atoms with E-state index in [9.17, 15) is 9.59 Å². The Labute approximate surface area is 111 Å². The Hall–Kier alpha value is -1.88. The van der Waals surface area contributed by atoms with E-state index in [0.29, 0.717) is 24.2 Å². The van der Waals surface area contributed by atoms with Crippen LogP contribution in [-0.4, -0.2) is 16.8 Å². The average molecular weight is 268 g/mol. The van der Waals surface area contributed by atoms with Gasteiger partial charge >= 0.3 is 0 Å². The fraction of sp³-hybridized carbons (Fsp3) is 0.250. The molecule has 5 nitrogen and oxygen atoms in total. The molecule has 1 aromatic rings. The maximum absolute atomic E-state index is 11.2. The van der Waals surface area contributed by atoms with E-state index in [1.165, 1.54) is 0 Å². The number of nitrogens with one attached hydrogen (secondary N) is 1. The van der Waals surface area contributed by atoms with E-state index in [0.717, 1.165) is 11.1 Å². The molecule has 96 valence electrons. The van der Waals surface area contributed by atoms with Gasteiger partial charge < -0.3 is 11.1 Å². The van der Waals surface area contributed by atoms with E-state index in [2.05, 4.69) is 10.3 Å². The number of nitrogens with two attached hydrogens (primary N) is 1. The molecular weight excluding hydrogens is 254 g/mol. The molecule has 0 aliphatic carbocycles. The number of anilines is 1. The number of hydrogen-bond acceptors (Lipinski definition) is 3. The zero-order valence-corrected chi connectivity index (χ0v) is 10.7. The molecule has 2 heterocycles. The summed E-state index contributed by atoms with van der Waals surface area (Å²) in [5.41, 5.74) is 7.43. The summed E-state index contributed by atoms with van der Waals surface area (Å²) in [6.07, 6.45) is 4.44. The van der Waals surface area contributed by atoms with Crippen LogP contribution in [0.1, 0.15) is 24.5 Å². The second-order valence-electron chi connectivity index (χ2n) is 4.02. The van der Waals surface area contributed by atoms with Gasteiger partial charge in [0.1, 0.15) is 5.82 Å². The van der Waals surface area contributed by atoms with Crippen LogP contribution in [-0.2, 0) is 16.0 Å². The Morgan fingerprint density at radius 2 is 2.22 bits per heavy atom. The number of aryl methyl sites for hydroxylation is 1. The van der Waals surface area contributed by atoms with Crippen LogP contribution in [0.2, 0.25) is 0 Å². The molecule has 1 aromatic heterocycles. The maximum Gasteiger partial charge on any atom is 0.244 e. The van der Waals surface area contributed by atoms with E-state index in [1.54, 1.807) is 19.2 Å². The van der Waals surface area contributed by atoms with Gasteiger partial charge in [-0.05, 0) is 36.6 Å². The van der Waals surface area contributed by atoms with Crippen LogP contribution in [0.25, 0.3) is 6.08 Å². The van der Waals surface area contributed by atoms with Gasteiger partial charge in [-0.3, -0.25) is 9.59 Å². The minimum absolute atomic E-state index is 0. The predicted molar refractivity (Wildman–Crippen MR) is 71.3 cm³/mol. The molecule has 18 heavy (non-hydrogen) atoms. The maximum atomic E-state index is 11.2. The van der Waals surface area contributed by atoms with E-state index in [4.69, 9.17) is 5.73 Å². The number of aromatic nitrogens is 1. The first-order chi connectivity index (χ1) is 8.06. The van der Waals surface area contributed by atoms with Gasteiger partial charge in [-0.1, -0.05) is 0 Å². The van der Waals surface area contributed by atoms with Crippen molar-refractivity contribution in [2.75, 3.05) is 5.32 Å². The molecule has 2 amide bonds. The van der Waals surface area contributed by atoms with Crippen molar-refractivity contribution in [3.8, 4) is 0 Å². The van der Waals surface area contributed by atoms with Crippen molar-refractivity contribution in [1.82, 2.24) is 4.98 Å². The van der Waals surface area contributed by atoms with Gasteiger partial charge in [0.25, 0.3) is 0 Å². The number of pyridine rings is 1. The highest BCUT2D eigenvalue weighted by Crippen LogP contribution is 2.21. The van der Waals surface area contributed by atoms with E-state index in [1.807, 2.05) is 6.07 Å². The van der Waals surface area contributed by atoms with Gasteiger partial charge in [-0.2, -0.15) is 0 Å². The fourth-order valence-corrected chi connectivity index (χ4v) is 1.67. The summed E-state index contributed by atoms with van der Waals surface area (Å²) in [6.45, 7) is 1.66. The summed E-state index contributed by atoms with van der Waals surface area (Å²) in [4.78, 5) is 26.2. The molecule has 0 atom stereocenters. The molecule has 0 saturated heterocycles. The van der Waals surface area contributed by atoms with Gasteiger partial charge in [0.05, 0.1) is 0 Å². The molecule has 1 aliphatic rings. The lowest BCUT2D eigenvalue weighted by Crippen LogP contribution is -2.20. The Morgan fingerprint density at radius 1 is 1.50 bits per heavy atom. The smallest absolute Gasteiger partial charge is 0.244 e. The number of fused-ring (bicyclic) bond motifs is 1. The van der Waals surface area contributed by atoms with Crippen LogP contribution < -0.4 is 11.1 Å². The van der Waals surface area contributed by atoms with Crippen molar-refractivity contribution < 1.29 is 9.59 Å². The number of amides is 2. The zero-order chi connectivity index (χ0) is 12.4. The predicted octanol–water partition coefficient (Wildman–Crippen LogP) is 1.28. The van der Waals surface area contributed by atoms with Crippen molar-refractivity contribution >= 4 is 36.1 Å². The Balaban J connectivity index is 0.00000162. The van der Waals surface area contributed by atoms with Gasteiger partial charge in [-0.15, -0.1) is 12.4 Å². The Bertz CT molecular complexity index is 526. The number of halogens is 1. The third kappa shape index (κ3) is 3.07. The number of hydrogen-bond donors (Lipinski definition) is 2. The quantitative estimate of drug-likeness (QED) is 0.792. The number of carbonyl (C=O) groups is 2. The third-order valence-electron chi connectivity index (χ3n) is 2.64. The molecule has 0 saturated carbocycles. The highest BCUT2D eigenvalue weighted by atomic mass is 35.5. The van der Waals surface area contributed by atoms with Crippen LogP contribution in [0.4, 0.5) is 5.82 Å². The van der Waals surface area contributed by atoms with E-state index < -0.39 is 5.91 Å². The van der Waals surface area contributed by atoms with Crippen LogP contribution in [0.3, 0.4) is 0 Å². The minimum Gasteiger partial charge on any atom is -0.366 e. The zero-order valence-electron chi connectivity index (χ0n) is 9.90. The second kappa shape index (κ2) is 5.64. The van der Waals surface area contributed by atoms with E-state index in [-0.39, 0.29) is 18.3 Å². The summed E-state index contributed by atoms with van der Waals surface area (Å²) in [7, 11) is 0. The molecule has 6 heteroatoms. The molecule has 3 N–H and O–H groups in total. The molecule has 2 rings (SSSR count). The second-order valence-corrected chi connectivity index (χ2v) is 4.02. The molecule has 0 unspecified atom stereocenters. The van der Waals surface area contributed by atoms with Crippen molar-refractivity contribution in [3.05, 3.63) is 29.0 Å². The van der Waals surface area contributed by atoms with Crippen molar-refractivity contribution in [3.63, 3.8) is 0 Å². The van der Waals surface area contributed by atoms with Crippen LogP contribution in [0.5, 0.6) is 0 Å². The molecule has 0 bridgehead atoms. The molecule has 0 radical (unpaired) electrons. The SMILES string of the molecule is CC(=Cc1cnc2c(c1)CCC(=O)N2)C(N)=O.Cl. The van der Waals surface area contributed by atoms with Crippen molar-refractivity contribution in [2.24, 2.45) is 5.73 Å². The number of carbonyl (C=O) groups excluding carboxylic acids is 2. The fourth-order valence-electron chi connectivity index (χ4n) is 1.67. The summed E-state index contributed by atoms with van der Waals surface area (Å²) >= 11 is 0. The number of primary amides is 1. The average Bonchev–Trinajstić information content (AvgIpc) is 2.29. The summed E-state index contributed by atoms with van der Waals surface area (Å²) in [5.74, 6) is 0.146. The number of nitrogens with zero attached hydrogens (tertiary/aromatic N) is 1. The minimum atomic E-state index is -0.448. The van der Waals surface area contributed by atoms with Crippen LogP contribution >= 0.6 is 12.4 Å². The lowest BCUT2D eigenvalue weighted by Gasteiger charge is -2.15. The molecule has 0 spiro atoms. The molecule has 0 aromatic carbocycles. The highest BCUT2D eigenvalue weighted by molar-refractivity contribution is 5.96. The van der Waals surface area contributed by atoms with Gasteiger partial charge in [0.2, 0.25) is 11.8 Å². The van der Waals surface area contributed by atoms with Gasteiger partial charge in [-0.25, -0.2) is 4.98 Å². The Kier molecular flexibility index (Phi) is 4.44. The first-order valence-electron chi connectivity index (χ1n) is 5.33. The normalized spacial score (nSPS) is 14.3. The first-order valence-corrected chi connectivity index (χ1v) is 5.33. The van der Waals surface area contributed by atoms with Crippen LogP contribution in [0.15, 0.2) is 17.8 Å². The summed E-state index contributed by atoms with van der Waals surface area (Å²) < 4.78 is 0. The summed E-state index contributed by atoms with van der Waals surface area (Å²) in [5, 5.41) is 2.70. The lowest BCUT2D eigenvalue weighted by molar-refractivity contribution is -0.116. The molecule has 0 fully saturated rings. The number of rotatable bonds is 2. The third-order valence-corrected chi connectivity index (χ3v) is 2.64. The highest BCUT2D eigenvalue weighted by Gasteiger charge is 2.15. The van der Waals surface area contributed by atoms with Gasteiger partial charge in [0.15, 0.2) is 0 Å². The molecular formula is C12H14ClN3O2.